The molecule has 0 spiro atoms. The molecule has 0 aromatic heterocycles. The molecular weight excluding hydrogens is 652 g/mol. The molecule has 0 unspecified atom stereocenters. The van der Waals surface area contributed by atoms with Crippen LogP contribution in [0.1, 0.15) is 59.3 Å². The number of carboxylic acids is 1. The van der Waals surface area contributed by atoms with Crippen LogP contribution >= 0.6 is 12.4 Å². The Balaban J connectivity index is 0.0000115. The average Bonchev–Trinajstić information content (AvgIpc) is 3.53. The van der Waals surface area contributed by atoms with Crippen molar-refractivity contribution >= 4 is 53.9 Å². The summed E-state index contributed by atoms with van der Waals surface area (Å²) in [5.74, 6) is -5.03. The van der Waals surface area contributed by atoms with Gasteiger partial charge in [-0.1, -0.05) is 13.0 Å². The van der Waals surface area contributed by atoms with Crippen molar-refractivity contribution in [3.8, 4) is 0 Å². The van der Waals surface area contributed by atoms with Crippen LogP contribution in [0.15, 0.2) is 16.8 Å². The third-order valence-corrected chi connectivity index (χ3v) is 8.37. The fraction of sp³-hybridized carbons (Fsp3) is 0.690. The smallest absolute Gasteiger partial charge is 0.328 e. The molecule has 2 heterocycles. The van der Waals surface area contributed by atoms with Crippen LogP contribution in [-0.4, -0.2) is 124 Å². The van der Waals surface area contributed by atoms with Gasteiger partial charge in [0.05, 0.1) is 12.6 Å². The number of likely N-dealkylation sites (tertiary alicyclic amines) is 2. The first-order chi connectivity index (χ1) is 22.1. The minimum Gasteiger partial charge on any atom is -0.480 e. The highest BCUT2D eigenvalue weighted by atomic mass is 35.5. The summed E-state index contributed by atoms with van der Waals surface area (Å²) in [6, 6.07) is -6.43. The molecule has 19 heteroatoms. The van der Waals surface area contributed by atoms with Crippen LogP contribution in [0.25, 0.3) is 0 Å². The summed E-state index contributed by atoms with van der Waals surface area (Å²) < 4.78 is 0. The van der Waals surface area contributed by atoms with E-state index in [0.717, 1.165) is 0 Å². The molecule has 0 aromatic carbocycles. The first kappa shape index (κ1) is 42.0. The van der Waals surface area contributed by atoms with Crippen molar-refractivity contribution in [3.63, 3.8) is 0 Å². The molecule has 2 rings (SSSR count). The number of hydrogen-bond donors (Lipinski definition) is 9. The van der Waals surface area contributed by atoms with Gasteiger partial charge in [-0.25, -0.2) is 4.79 Å². The van der Waals surface area contributed by atoms with Crippen LogP contribution in [-0.2, 0) is 28.8 Å². The highest BCUT2D eigenvalue weighted by Gasteiger charge is 2.43. The number of rotatable bonds is 15. The summed E-state index contributed by atoms with van der Waals surface area (Å²) >= 11 is 0. The number of nitrogens with two attached hydrogens (primary N) is 4. The van der Waals surface area contributed by atoms with E-state index in [1.165, 1.54) is 22.8 Å². The monoisotopic (exact) mass is 702 g/mol. The van der Waals surface area contributed by atoms with Gasteiger partial charge in [0.15, 0.2) is 12.0 Å². The quantitative estimate of drug-likeness (QED) is 0.0464. The number of halogens is 1. The Morgan fingerprint density at radius 3 is 2.15 bits per heavy atom. The Morgan fingerprint density at radius 2 is 1.58 bits per heavy atom. The summed E-state index contributed by atoms with van der Waals surface area (Å²) in [5, 5.41) is 25.6. The number of amides is 5. The number of carboxylic acid groups (broad SMARTS) is 1. The number of allylic oxidation sites excluding steroid dienone is 1. The molecule has 2 aliphatic heterocycles. The SMILES string of the molecule is C/C=C(\NC(=O)[C@@H]1CCCN1C(=O)[C@@H]1CCCCN1C(=O)[C@@H](NC(=O)[C@@H](N)[C@H](C)CCN=C(N)N)[C@@H](C)N)C(=O)N[C@@H](CO)C(=O)O.Cl. The minimum absolute atomic E-state index is 0. The van der Waals surface area contributed by atoms with Crippen LogP contribution in [0.3, 0.4) is 0 Å². The first-order valence-corrected chi connectivity index (χ1v) is 15.7. The normalized spacial score (nSPS) is 21.0. The van der Waals surface area contributed by atoms with Gasteiger partial charge in [-0.05, 0) is 58.3 Å². The molecule has 0 saturated carbocycles. The number of aliphatic carboxylic acids is 1. The van der Waals surface area contributed by atoms with Crippen LogP contribution in [0.2, 0.25) is 0 Å². The lowest BCUT2D eigenvalue weighted by molar-refractivity contribution is -0.151. The standard InChI is InChI=1S/C29H50N10O8.ClH/c1-4-17(23(41)36-18(14-40)28(46)47)35-24(42)19-9-7-13-38(19)26(44)20-8-5-6-12-39(20)27(45)22(16(3)30)37-25(43)21(31)15(2)10-11-34-29(32)33;/h4,15-16,18-22,40H,5-14,30-31H2,1-3H3,(H,35,42)(H,36,41)(H,37,43)(H,46,47)(H4,32,33,34);1H/b17-4-;/t15-,16-,18+,19+,20+,21+,22+;/m1./s1. The largest absolute Gasteiger partial charge is 0.480 e. The van der Waals surface area contributed by atoms with E-state index in [0.29, 0.717) is 38.5 Å². The number of carbonyl (C=O) groups excluding carboxylic acids is 5. The van der Waals surface area contributed by atoms with Crippen LogP contribution in [0.4, 0.5) is 0 Å². The van der Waals surface area contributed by atoms with E-state index in [-0.39, 0.29) is 49.6 Å². The van der Waals surface area contributed by atoms with E-state index in [1.807, 2.05) is 0 Å². The summed E-state index contributed by atoms with van der Waals surface area (Å²) in [5.41, 5.74) is 22.8. The van der Waals surface area contributed by atoms with E-state index in [2.05, 4.69) is 20.9 Å². The molecule has 272 valence electrons. The number of guanidine groups is 1. The molecule has 18 nitrogen and oxygen atoms in total. The molecular formula is C29H51ClN10O8. The highest BCUT2D eigenvalue weighted by molar-refractivity contribution is 6.01. The molecule has 7 atom stereocenters. The number of hydrogen-bond acceptors (Lipinski definition) is 10. The lowest BCUT2D eigenvalue weighted by Gasteiger charge is -2.40. The van der Waals surface area contributed by atoms with Gasteiger partial charge < -0.3 is 58.9 Å². The van der Waals surface area contributed by atoms with E-state index < -0.39 is 78.4 Å². The average molecular weight is 703 g/mol. The second-order valence-corrected chi connectivity index (χ2v) is 11.9. The fourth-order valence-corrected chi connectivity index (χ4v) is 5.53. The lowest BCUT2D eigenvalue weighted by Crippen LogP contribution is -2.63. The van der Waals surface area contributed by atoms with Gasteiger partial charge in [0.1, 0.15) is 23.8 Å². The Morgan fingerprint density at radius 1 is 0.958 bits per heavy atom. The van der Waals surface area contributed by atoms with Crippen molar-refractivity contribution < 1.29 is 39.0 Å². The molecule has 0 radical (unpaired) electrons. The maximum Gasteiger partial charge on any atom is 0.328 e. The second-order valence-electron chi connectivity index (χ2n) is 11.9. The number of aliphatic hydroxyl groups excluding tert-OH is 1. The van der Waals surface area contributed by atoms with Crippen molar-refractivity contribution in [1.82, 2.24) is 25.8 Å². The van der Waals surface area contributed by atoms with E-state index in [1.54, 1.807) is 13.8 Å². The van der Waals surface area contributed by atoms with Crippen molar-refractivity contribution in [2.45, 2.75) is 95.5 Å². The minimum atomic E-state index is -1.58. The molecule has 0 aromatic rings. The van der Waals surface area contributed by atoms with Crippen molar-refractivity contribution in [2.24, 2.45) is 33.8 Å². The number of aliphatic imine (C=N–C) groups is 1. The van der Waals surface area contributed by atoms with Gasteiger partial charge in [0.25, 0.3) is 5.91 Å². The maximum atomic E-state index is 13.9. The summed E-state index contributed by atoms with van der Waals surface area (Å²) in [7, 11) is 0. The zero-order chi connectivity index (χ0) is 35.4. The number of piperidine rings is 1. The highest BCUT2D eigenvalue weighted by Crippen LogP contribution is 2.26. The Hall–Kier alpha value is -4.00. The number of aliphatic hydroxyl groups is 1. The van der Waals surface area contributed by atoms with Gasteiger partial charge in [-0.3, -0.25) is 29.0 Å². The Labute approximate surface area is 285 Å². The topological polar surface area (TPSA) is 302 Å². The third-order valence-electron chi connectivity index (χ3n) is 8.37. The number of nitrogens with one attached hydrogen (secondary N) is 3. The van der Waals surface area contributed by atoms with Crippen molar-refractivity contribution in [2.75, 3.05) is 26.2 Å². The predicted octanol–water partition coefficient (Wildman–Crippen LogP) is -3.18. The lowest BCUT2D eigenvalue weighted by atomic mass is 9.96. The van der Waals surface area contributed by atoms with Gasteiger partial charge in [-0.15, -0.1) is 12.4 Å². The molecule has 0 bridgehead atoms. The summed E-state index contributed by atoms with van der Waals surface area (Å²) in [6.45, 7) is 4.66. The van der Waals surface area contributed by atoms with Crippen molar-refractivity contribution in [3.05, 3.63) is 11.8 Å². The van der Waals surface area contributed by atoms with E-state index >= 15 is 0 Å². The Bertz CT molecular complexity index is 1230. The van der Waals surface area contributed by atoms with Gasteiger partial charge in [0, 0.05) is 25.7 Å². The second kappa shape index (κ2) is 19.7. The zero-order valence-corrected chi connectivity index (χ0v) is 28.4. The van der Waals surface area contributed by atoms with E-state index in [9.17, 15) is 33.9 Å². The van der Waals surface area contributed by atoms with E-state index in [4.69, 9.17) is 28.0 Å². The maximum absolute atomic E-state index is 13.9. The van der Waals surface area contributed by atoms with Gasteiger partial charge in [0.2, 0.25) is 23.6 Å². The zero-order valence-electron chi connectivity index (χ0n) is 27.6. The molecule has 2 fully saturated rings. The van der Waals surface area contributed by atoms with Crippen molar-refractivity contribution in [1.29, 1.82) is 0 Å². The molecule has 2 saturated heterocycles. The number of nitrogens with zero attached hydrogens (tertiary/aromatic N) is 3. The fourth-order valence-electron chi connectivity index (χ4n) is 5.53. The Kier molecular flexibility index (Phi) is 17.3. The van der Waals surface area contributed by atoms with Crippen LogP contribution in [0, 0.1) is 5.92 Å². The van der Waals surface area contributed by atoms with Gasteiger partial charge >= 0.3 is 5.97 Å². The number of carbonyl (C=O) groups is 6. The van der Waals surface area contributed by atoms with Crippen LogP contribution in [0.5, 0.6) is 0 Å². The van der Waals surface area contributed by atoms with Gasteiger partial charge in [-0.2, -0.15) is 0 Å². The summed E-state index contributed by atoms with van der Waals surface area (Å²) in [6.07, 6.45) is 4.07. The molecule has 5 amide bonds. The predicted molar refractivity (Wildman–Crippen MR) is 178 cm³/mol. The molecule has 48 heavy (non-hydrogen) atoms. The summed E-state index contributed by atoms with van der Waals surface area (Å²) in [4.78, 5) is 84.6. The molecule has 2 aliphatic rings. The molecule has 0 aliphatic carbocycles. The van der Waals surface area contributed by atoms with Crippen LogP contribution < -0.4 is 38.9 Å². The third kappa shape index (κ3) is 11.3. The first-order valence-electron chi connectivity index (χ1n) is 15.7. The molecule has 13 N–H and O–H groups in total.